The zero-order valence-electron chi connectivity index (χ0n) is 18.3. The highest BCUT2D eigenvalue weighted by Gasteiger charge is 2.14. The number of fused-ring (bicyclic) bond motifs is 1. The molecule has 0 unspecified atom stereocenters. The minimum atomic E-state index is -0.745. The Morgan fingerprint density at radius 1 is 0.882 bits per heavy atom. The largest absolute Gasteiger partial charge is 0.481 e. The molecular weight excluding hydrogens is 452 g/mol. The summed E-state index contributed by atoms with van der Waals surface area (Å²) >= 11 is 5.84. The second-order valence-corrected chi connectivity index (χ2v) is 7.91. The molecule has 0 saturated carbocycles. The Balaban J connectivity index is 1.32. The van der Waals surface area contributed by atoms with Crippen molar-refractivity contribution in [2.75, 3.05) is 0 Å². The van der Waals surface area contributed by atoms with Crippen LogP contribution in [-0.2, 0) is 4.79 Å². The number of nitrogens with one attached hydrogen (secondary N) is 1. The summed E-state index contributed by atoms with van der Waals surface area (Å²) in [5.41, 5.74) is 3.49. The Kier molecular flexibility index (Phi) is 7.20. The van der Waals surface area contributed by atoms with Crippen molar-refractivity contribution in [2.24, 2.45) is 5.10 Å². The molecular formula is C27H21ClN2O4. The van der Waals surface area contributed by atoms with Crippen LogP contribution in [0.4, 0.5) is 0 Å². The van der Waals surface area contributed by atoms with Gasteiger partial charge in [-0.2, -0.15) is 5.10 Å². The van der Waals surface area contributed by atoms with Crippen LogP contribution in [0.5, 0.6) is 11.5 Å². The third-order valence-corrected chi connectivity index (χ3v) is 5.19. The van der Waals surface area contributed by atoms with Crippen LogP contribution in [0.15, 0.2) is 96.1 Å². The highest BCUT2D eigenvalue weighted by atomic mass is 35.5. The number of hydrogen-bond acceptors (Lipinski definition) is 5. The monoisotopic (exact) mass is 472 g/mol. The number of carbonyl (C=O) groups is 2. The molecule has 34 heavy (non-hydrogen) atoms. The van der Waals surface area contributed by atoms with E-state index in [-0.39, 0.29) is 0 Å². The number of nitrogens with zero attached hydrogens (tertiary/aromatic N) is 1. The SMILES string of the molecule is C[C@@H](Oc1ccc2ccccc2c1)C(=O)N/N=C\c1cccc(OC(=O)c2ccc(Cl)cc2)c1. The zero-order valence-corrected chi connectivity index (χ0v) is 19.0. The summed E-state index contributed by atoms with van der Waals surface area (Å²) < 4.78 is 11.1. The van der Waals surface area contributed by atoms with Crippen molar-refractivity contribution < 1.29 is 19.1 Å². The third kappa shape index (κ3) is 5.99. The molecule has 0 aromatic heterocycles. The van der Waals surface area contributed by atoms with E-state index < -0.39 is 18.0 Å². The Morgan fingerprint density at radius 2 is 1.65 bits per heavy atom. The number of esters is 1. The molecule has 0 aliphatic rings. The van der Waals surface area contributed by atoms with E-state index in [0.717, 1.165) is 10.8 Å². The van der Waals surface area contributed by atoms with E-state index in [2.05, 4.69) is 10.5 Å². The van der Waals surface area contributed by atoms with Gasteiger partial charge in [-0.25, -0.2) is 10.2 Å². The number of amides is 1. The highest BCUT2D eigenvalue weighted by Crippen LogP contribution is 2.21. The van der Waals surface area contributed by atoms with Gasteiger partial charge in [0.25, 0.3) is 5.91 Å². The van der Waals surface area contributed by atoms with Crippen LogP contribution >= 0.6 is 11.6 Å². The van der Waals surface area contributed by atoms with Crippen molar-refractivity contribution in [3.8, 4) is 11.5 Å². The fourth-order valence-electron chi connectivity index (χ4n) is 3.17. The lowest BCUT2D eigenvalue weighted by molar-refractivity contribution is -0.127. The Bertz CT molecular complexity index is 1350. The van der Waals surface area contributed by atoms with Crippen molar-refractivity contribution >= 4 is 40.5 Å². The number of carbonyl (C=O) groups excluding carboxylic acids is 2. The third-order valence-electron chi connectivity index (χ3n) is 4.94. The van der Waals surface area contributed by atoms with Gasteiger partial charge in [0.05, 0.1) is 11.8 Å². The quantitative estimate of drug-likeness (QED) is 0.164. The maximum atomic E-state index is 12.4. The van der Waals surface area contributed by atoms with Gasteiger partial charge in [0, 0.05) is 5.02 Å². The number of hydrazone groups is 1. The van der Waals surface area contributed by atoms with Crippen LogP contribution in [0.2, 0.25) is 5.02 Å². The number of halogens is 1. The second-order valence-electron chi connectivity index (χ2n) is 7.47. The fraction of sp³-hybridized carbons (Fsp3) is 0.0741. The molecule has 1 amide bonds. The summed E-state index contributed by atoms with van der Waals surface area (Å²) in [4.78, 5) is 24.6. The van der Waals surface area contributed by atoms with E-state index in [1.165, 1.54) is 6.21 Å². The van der Waals surface area contributed by atoms with Crippen molar-refractivity contribution in [3.05, 3.63) is 107 Å². The van der Waals surface area contributed by atoms with E-state index in [1.807, 2.05) is 42.5 Å². The van der Waals surface area contributed by atoms with Crippen LogP contribution in [-0.4, -0.2) is 24.2 Å². The highest BCUT2D eigenvalue weighted by molar-refractivity contribution is 6.30. The van der Waals surface area contributed by atoms with Crippen molar-refractivity contribution in [2.45, 2.75) is 13.0 Å². The zero-order chi connectivity index (χ0) is 23.9. The molecule has 0 radical (unpaired) electrons. The number of ether oxygens (including phenoxy) is 2. The van der Waals surface area contributed by atoms with Crippen molar-refractivity contribution in [1.82, 2.24) is 5.43 Å². The lowest BCUT2D eigenvalue weighted by atomic mass is 10.1. The molecule has 4 aromatic carbocycles. The van der Waals surface area contributed by atoms with Crippen LogP contribution in [0.1, 0.15) is 22.8 Å². The minimum absolute atomic E-state index is 0.350. The van der Waals surface area contributed by atoms with Crippen LogP contribution in [0, 0.1) is 0 Å². The average Bonchev–Trinajstić information content (AvgIpc) is 2.84. The summed E-state index contributed by atoms with van der Waals surface area (Å²) in [5.74, 6) is 0.0530. The first-order valence-corrected chi connectivity index (χ1v) is 10.9. The van der Waals surface area contributed by atoms with E-state index in [4.69, 9.17) is 21.1 Å². The maximum absolute atomic E-state index is 12.4. The molecule has 4 rings (SSSR count). The average molecular weight is 473 g/mol. The van der Waals surface area contributed by atoms with Gasteiger partial charge in [-0.15, -0.1) is 0 Å². The molecule has 0 aliphatic carbocycles. The standard InChI is InChI=1S/C27H21ClN2O4/c1-18(33-25-14-11-20-6-2-3-7-22(20)16-25)26(31)30-29-17-19-5-4-8-24(15-19)34-27(32)21-9-12-23(28)13-10-21/h2-18H,1H3,(H,30,31)/b29-17-/t18-/m1/s1. The number of hydrogen-bond donors (Lipinski definition) is 1. The van der Waals surface area contributed by atoms with Gasteiger partial charge in [-0.1, -0.05) is 54.1 Å². The Labute approximate surface area is 201 Å². The molecule has 7 heteroatoms. The van der Waals surface area contributed by atoms with E-state index >= 15 is 0 Å². The number of benzene rings is 4. The summed E-state index contributed by atoms with van der Waals surface area (Å²) in [5, 5.41) is 6.64. The van der Waals surface area contributed by atoms with Crippen LogP contribution < -0.4 is 14.9 Å². The van der Waals surface area contributed by atoms with Gasteiger partial charge in [-0.3, -0.25) is 4.79 Å². The molecule has 170 valence electrons. The van der Waals surface area contributed by atoms with Crippen LogP contribution in [0.3, 0.4) is 0 Å². The molecule has 1 N–H and O–H groups in total. The molecule has 0 saturated heterocycles. The second kappa shape index (κ2) is 10.6. The van der Waals surface area contributed by atoms with Gasteiger partial charge < -0.3 is 9.47 Å². The van der Waals surface area contributed by atoms with Gasteiger partial charge in [-0.05, 0) is 71.8 Å². The molecule has 0 aliphatic heterocycles. The minimum Gasteiger partial charge on any atom is -0.481 e. The maximum Gasteiger partial charge on any atom is 0.343 e. The first-order valence-electron chi connectivity index (χ1n) is 10.5. The van der Waals surface area contributed by atoms with Gasteiger partial charge in [0.15, 0.2) is 6.10 Å². The summed E-state index contributed by atoms with van der Waals surface area (Å²) in [6, 6.07) is 26.8. The first-order chi connectivity index (χ1) is 16.5. The molecule has 6 nitrogen and oxygen atoms in total. The lowest BCUT2D eigenvalue weighted by Crippen LogP contribution is -2.33. The Hall–Kier alpha value is -4.16. The molecule has 0 bridgehead atoms. The summed E-state index contributed by atoms with van der Waals surface area (Å²) in [7, 11) is 0. The lowest BCUT2D eigenvalue weighted by Gasteiger charge is -2.13. The fourth-order valence-corrected chi connectivity index (χ4v) is 3.30. The summed E-state index contributed by atoms with van der Waals surface area (Å²) in [6.07, 6.45) is 0.713. The topological polar surface area (TPSA) is 77.0 Å². The van der Waals surface area contributed by atoms with Crippen molar-refractivity contribution in [3.63, 3.8) is 0 Å². The van der Waals surface area contributed by atoms with E-state index in [1.54, 1.807) is 55.5 Å². The smallest absolute Gasteiger partial charge is 0.343 e. The predicted molar refractivity (Wildman–Crippen MR) is 133 cm³/mol. The van der Waals surface area contributed by atoms with Gasteiger partial charge in [0.2, 0.25) is 0 Å². The Morgan fingerprint density at radius 3 is 2.44 bits per heavy atom. The van der Waals surface area contributed by atoms with Crippen LogP contribution in [0.25, 0.3) is 10.8 Å². The molecule has 1 atom stereocenters. The predicted octanol–water partition coefficient (Wildman–Crippen LogP) is 5.63. The van der Waals surface area contributed by atoms with E-state index in [9.17, 15) is 9.59 Å². The molecule has 4 aromatic rings. The molecule has 0 heterocycles. The summed E-state index contributed by atoms with van der Waals surface area (Å²) in [6.45, 7) is 1.65. The molecule has 0 spiro atoms. The van der Waals surface area contributed by atoms with E-state index in [0.29, 0.717) is 27.6 Å². The van der Waals surface area contributed by atoms with Gasteiger partial charge in [0.1, 0.15) is 11.5 Å². The van der Waals surface area contributed by atoms with Crippen molar-refractivity contribution in [1.29, 1.82) is 0 Å². The molecule has 0 fully saturated rings. The normalized spacial score (nSPS) is 11.8. The van der Waals surface area contributed by atoms with Gasteiger partial charge >= 0.3 is 5.97 Å². The first kappa shape index (κ1) is 23.0. The number of rotatable bonds is 7.